The molecule has 1 atom stereocenters. The second-order valence-electron chi connectivity index (χ2n) is 7.65. The molecule has 0 radical (unpaired) electrons. The maximum Gasteiger partial charge on any atom is 0.228 e. The van der Waals surface area contributed by atoms with E-state index in [1.54, 1.807) is 24.3 Å². The minimum atomic E-state index is -0.283. The van der Waals surface area contributed by atoms with Gasteiger partial charge in [0.05, 0.1) is 17.6 Å². The van der Waals surface area contributed by atoms with Crippen molar-refractivity contribution in [1.82, 2.24) is 0 Å². The van der Waals surface area contributed by atoms with Gasteiger partial charge in [0.15, 0.2) is 0 Å². The van der Waals surface area contributed by atoms with Crippen LogP contribution < -0.4 is 5.32 Å². The molecule has 1 saturated carbocycles. The third kappa shape index (κ3) is 3.18. The lowest BCUT2D eigenvalue weighted by Gasteiger charge is -2.20. The third-order valence-electron chi connectivity index (χ3n) is 5.63. The van der Waals surface area contributed by atoms with Crippen LogP contribution in [0, 0.1) is 31.1 Å². The molecule has 1 N–H and O–H groups in total. The highest BCUT2D eigenvalue weighted by Gasteiger charge is 2.60. The lowest BCUT2D eigenvalue weighted by Crippen LogP contribution is -2.22. The van der Waals surface area contributed by atoms with Gasteiger partial charge in [-0.2, -0.15) is 5.26 Å². The molecule has 1 amide bonds. The molecule has 0 bridgehead atoms. The normalized spacial score (nSPS) is 16.8. The Balaban J connectivity index is 1.67. The maximum absolute atomic E-state index is 13.1. The molecule has 4 rings (SSSR count). The Morgan fingerprint density at radius 2 is 1.54 bits per heavy atom. The Morgan fingerprint density at radius 1 is 0.964 bits per heavy atom. The minimum absolute atomic E-state index is 0.0210. The number of benzene rings is 3. The molecule has 0 saturated heterocycles. The zero-order valence-electron chi connectivity index (χ0n) is 16.1. The summed E-state index contributed by atoms with van der Waals surface area (Å²) in [7, 11) is 0. The molecule has 3 aromatic carbocycles. The highest BCUT2D eigenvalue weighted by atomic mass is 16.2. The van der Waals surface area contributed by atoms with Crippen molar-refractivity contribution in [2.24, 2.45) is 5.92 Å². The third-order valence-corrected chi connectivity index (χ3v) is 5.63. The van der Waals surface area contributed by atoms with E-state index in [9.17, 15) is 4.79 Å². The first kappa shape index (κ1) is 18.0. The van der Waals surface area contributed by atoms with Gasteiger partial charge in [0, 0.05) is 11.1 Å². The highest BCUT2D eigenvalue weighted by molar-refractivity contribution is 5.97. The first-order valence-corrected chi connectivity index (χ1v) is 9.48. The predicted octanol–water partition coefficient (Wildman–Crippen LogP) is 5.12. The quantitative estimate of drug-likeness (QED) is 0.697. The van der Waals surface area contributed by atoms with Crippen LogP contribution in [0.2, 0.25) is 0 Å². The lowest BCUT2D eigenvalue weighted by atomic mass is 9.84. The van der Waals surface area contributed by atoms with Crippen LogP contribution in [0.25, 0.3) is 0 Å². The fourth-order valence-corrected chi connectivity index (χ4v) is 4.09. The summed E-state index contributed by atoms with van der Waals surface area (Å²) in [6.45, 7) is 4.17. The van der Waals surface area contributed by atoms with Gasteiger partial charge in [0.1, 0.15) is 0 Å². The van der Waals surface area contributed by atoms with Crippen LogP contribution in [-0.2, 0) is 10.2 Å². The smallest absolute Gasteiger partial charge is 0.228 e. The van der Waals surface area contributed by atoms with E-state index in [-0.39, 0.29) is 17.2 Å². The van der Waals surface area contributed by atoms with Gasteiger partial charge < -0.3 is 5.32 Å². The maximum atomic E-state index is 13.1. The predicted molar refractivity (Wildman–Crippen MR) is 111 cm³/mol. The molecule has 1 aliphatic rings. The molecule has 0 aromatic heterocycles. The van der Waals surface area contributed by atoms with Gasteiger partial charge in [-0.15, -0.1) is 0 Å². The van der Waals surface area contributed by atoms with Crippen molar-refractivity contribution in [2.45, 2.75) is 25.7 Å². The SMILES string of the molecule is Cc1cccc(C2(c3cccc(C)c3)CC2C(=O)Nc2ccc(C#N)cc2)c1. The molecule has 0 spiro atoms. The van der Waals surface area contributed by atoms with Gasteiger partial charge in [-0.1, -0.05) is 59.7 Å². The molecule has 1 aliphatic carbocycles. The molecule has 3 aromatic rings. The number of rotatable bonds is 4. The summed E-state index contributed by atoms with van der Waals surface area (Å²) < 4.78 is 0. The fraction of sp³-hybridized carbons (Fsp3) is 0.200. The number of amides is 1. The average molecular weight is 366 g/mol. The van der Waals surface area contributed by atoms with Crippen LogP contribution in [0.1, 0.15) is 34.2 Å². The van der Waals surface area contributed by atoms with Gasteiger partial charge in [0.25, 0.3) is 0 Å². The van der Waals surface area contributed by atoms with Crippen molar-refractivity contribution in [3.8, 4) is 6.07 Å². The highest BCUT2D eigenvalue weighted by Crippen LogP contribution is 2.59. The van der Waals surface area contributed by atoms with Crippen LogP contribution in [0.3, 0.4) is 0 Å². The number of nitriles is 1. The van der Waals surface area contributed by atoms with Crippen molar-refractivity contribution in [3.63, 3.8) is 0 Å². The Morgan fingerprint density at radius 3 is 2.04 bits per heavy atom. The van der Waals surface area contributed by atoms with E-state index >= 15 is 0 Å². The van der Waals surface area contributed by atoms with E-state index in [2.05, 4.69) is 73.8 Å². The molecule has 138 valence electrons. The second-order valence-corrected chi connectivity index (χ2v) is 7.65. The van der Waals surface area contributed by atoms with Crippen LogP contribution >= 0.6 is 0 Å². The lowest BCUT2D eigenvalue weighted by molar-refractivity contribution is -0.117. The molecular weight excluding hydrogens is 344 g/mol. The fourth-order valence-electron chi connectivity index (χ4n) is 4.09. The van der Waals surface area contributed by atoms with Crippen molar-refractivity contribution in [2.75, 3.05) is 5.32 Å². The number of aryl methyl sites for hydroxylation is 2. The first-order chi connectivity index (χ1) is 13.5. The standard InChI is InChI=1S/C25H22N2O/c1-17-5-3-7-20(13-17)25(21-8-4-6-18(2)14-21)15-23(25)24(28)27-22-11-9-19(16-26)10-12-22/h3-14,23H,15H2,1-2H3,(H,27,28). The molecule has 3 nitrogen and oxygen atoms in total. The van der Waals surface area contributed by atoms with Crippen LogP contribution in [-0.4, -0.2) is 5.91 Å². The van der Waals surface area contributed by atoms with Gasteiger partial charge >= 0.3 is 0 Å². The monoisotopic (exact) mass is 366 g/mol. The second kappa shape index (κ2) is 6.98. The first-order valence-electron chi connectivity index (χ1n) is 9.48. The van der Waals surface area contributed by atoms with Gasteiger partial charge in [-0.3, -0.25) is 4.79 Å². The van der Waals surface area contributed by atoms with E-state index < -0.39 is 0 Å². The van der Waals surface area contributed by atoms with Crippen molar-refractivity contribution in [3.05, 3.63) is 101 Å². The number of carbonyl (C=O) groups excluding carboxylic acids is 1. The summed E-state index contributed by atoms with van der Waals surface area (Å²) in [6, 6.07) is 26.0. The van der Waals surface area contributed by atoms with E-state index in [1.165, 1.54) is 22.3 Å². The zero-order valence-corrected chi connectivity index (χ0v) is 16.1. The Kier molecular flexibility index (Phi) is 4.49. The summed E-state index contributed by atoms with van der Waals surface area (Å²) in [5.41, 5.74) is 5.80. The summed E-state index contributed by atoms with van der Waals surface area (Å²) in [6.07, 6.45) is 0.794. The Labute approximate surface area is 165 Å². The zero-order chi connectivity index (χ0) is 19.7. The largest absolute Gasteiger partial charge is 0.326 e. The van der Waals surface area contributed by atoms with E-state index in [4.69, 9.17) is 5.26 Å². The van der Waals surface area contributed by atoms with E-state index in [1.807, 2.05) is 0 Å². The van der Waals surface area contributed by atoms with E-state index in [0.717, 1.165) is 12.1 Å². The van der Waals surface area contributed by atoms with Gasteiger partial charge in [-0.25, -0.2) is 0 Å². The molecule has 0 aliphatic heterocycles. The van der Waals surface area contributed by atoms with Crippen LogP contribution in [0.4, 0.5) is 5.69 Å². The summed E-state index contributed by atoms with van der Waals surface area (Å²) in [5, 5.41) is 12.0. The number of hydrogen-bond acceptors (Lipinski definition) is 2. The molecule has 28 heavy (non-hydrogen) atoms. The number of carbonyl (C=O) groups is 1. The van der Waals surface area contributed by atoms with Crippen LogP contribution in [0.5, 0.6) is 0 Å². The number of hydrogen-bond donors (Lipinski definition) is 1. The molecule has 0 heterocycles. The topological polar surface area (TPSA) is 52.9 Å². The number of nitrogens with zero attached hydrogens (tertiary/aromatic N) is 1. The Bertz CT molecular complexity index is 1030. The summed E-state index contributed by atoms with van der Waals surface area (Å²) in [5.74, 6) is -0.0977. The van der Waals surface area contributed by atoms with Crippen LogP contribution in [0.15, 0.2) is 72.8 Å². The number of anilines is 1. The van der Waals surface area contributed by atoms with Gasteiger partial charge in [0.2, 0.25) is 5.91 Å². The number of nitrogens with one attached hydrogen (secondary N) is 1. The summed E-state index contributed by atoms with van der Waals surface area (Å²) >= 11 is 0. The molecule has 3 heteroatoms. The minimum Gasteiger partial charge on any atom is -0.326 e. The van der Waals surface area contributed by atoms with Crippen molar-refractivity contribution in [1.29, 1.82) is 5.26 Å². The van der Waals surface area contributed by atoms with Crippen molar-refractivity contribution < 1.29 is 4.79 Å². The Hall–Kier alpha value is -3.38. The average Bonchev–Trinajstić information content (AvgIpc) is 3.46. The van der Waals surface area contributed by atoms with Gasteiger partial charge in [-0.05, 0) is 55.7 Å². The van der Waals surface area contributed by atoms with Crippen molar-refractivity contribution >= 4 is 11.6 Å². The molecular formula is C25H22N2O. The molecule has 1 fully saturated rings. The molecule has 1 unspecified atom stereocenters. The van der Waals surface area contributed by atoms with E-state index in [0.29, 0.717) is 5.56 Å². The summed E-state index contributed by atoms with van der Waals surface area (Å²) in [4.78, 5) is 13.1.